The highest BCUT2D eigenvalue weighted by Gasteiger charge is 2.17. The molecule has 1 saturated heterocycles. The van der Waals surface area contributed by atoms with Gasteiger partial charge in [0, 0.05) is 12.6 Å². The molecule has 0 amide bonds. The van der Waals surface area contributed by atoms with Crippen molar-refractivity contribution in [2.45, 2.75) is 39.0 Å². The monoisotopic (exact) mass is 287 g/mol. The Bertz CT molecular complexity index is 517. The van der Waals surface area contributed by atoms with Gasteiger partial charge in [-0.05, 0) is 48.0 Å². The molecule has 0 atom stereocenters. The van der Waals surface area contributed by atoms with Gasteiger partial charge in [0.25, 0.3) is 0 Å². The topological polar surface area (TPSA) is 40.5 Å². The molecule has 2 rings (SSSR count). The van der Waals surface area contributed by atoms with Crippen LogP contribution < -0.4 is 0 Å². The van der Waals surface area contributed by atoms with Gasteiger partial charge in [-0.3, -0.25) is 4.90 Å². The summed E-state index contributed by atoms with van der Waals surface area (Å²) in [5.74, 6) is -0.871. The lowest BCUT2D eigenvalue weighted by Gasteiger charge is -2.21. The van der Waals surface area contributed by atoms with Crippen molar-refractivity contribution in [2.75, 3.05) is 19.6 Å². The second-order valence-corrected chi connectivity index (χ2v) is 6.82. The highest BCUT2D eigenvalue weighted by molar-refractivity contribution is 5.90. The Morgan fingerprint density at radius 3 is 2.24 bits per heavy atom. The lowest BCUT2D eigenvalue weighted by molar-refractivity contribution is -0.131. The molecule has 1 aliphatic heterocycles. The predicted octanol–water partition coefficient (Wildman–Crippen LogP) is 3.55. The Labute approximate surface area is 127 Å². The maximum absolute atomic E-state index is 11.1. The average Bonchev–Trinajstić information content (AvgIpc) is 2.89. The fourth-order valence-electron chi connectivity index (χ4n) is 2.74. The van der Waals surface area contributed by atoms with Crippen LogP contribution in [0.1, 0.15) is 44.7 Å². The number of hydrogen-bond acceptors (Lipinski definition) is 2. The highest BCUT2D eigenvalue weighted by Crippen LogP contribution is 2.25. The zero-order chi connectivity index (χ0) is 15.5. The maximum Gasteiger partial charge on any atom is 0.328 e. The number of nitrogens with zero attached hydrogens (tertiary/aromatic N) is 1. The van der Waals surface area contributed by atoms with Gasteiger partial charge in [0.1, 0.15) is 0 Å². The van der Waals surface area contributed by atoms with Gasteiger partial charge in [-0.25, -0.2) is 4.79 Å². The largest absolute Gasteiger partial charge is 0.478 e. The molecule has 3 heteroatoms. The summed E-state index contributed by atoms with van der Waals surface area (Å²) in [5.41, 5.74) is 3.29. The normalized spacial score (nSPS) is 17.2. The molecule has 0 spiro atoms. The Morgan fingerprint density at radius 1 is 1.19 bits per heavy atom. The van der Waals surface area contributed by atoms with Gasteiger partial charge in [-0.1, -0.05) is 45.0 Å². The molecule has 1 aromatic rings. The molecule has 0 aliphatic carbocycles. The average molecular weight is 287 g/mol. The highest BCUT2D eigenvalue weighted by atomic mass is 16.4. The number of rotatable bonds is 4. The van der Waals surface area contributed by atoms with Crippen LogP contribution in [0.4, 0.5) is 0 Å². The maximum atomic E-state index is 11.1. The second-order valence-electron chi connectivity index (χ2n) is 6.82. The lowest BCUT2D eigenvalue weighted by Crippen LogP contribution is -2.22. The molecule has 1 aliphatic rings. The number of hydrogen-bond donors (Lipinski definition) is 1. The van der Waals surface area contributed by atoms with Gasteiger partial charge in [0.2, 0.25) is 0 Å². The van der Waals surface area contributed by atoms with E-state index in [2.05, 4.69) is 37.8 Å². The van der Waals surface area contributed by atoms with Gasteiger partial charge >= 0.3 is 5.97 Å². The summed E-state index contributed by atoms with van der Waals surface area (Å²) < 4.78 is 0. The minimum Gasteiger partial charge on any atom is -0.478 e. The Hall–Kier alpha value is -1.61. The van der Waals surface area contributed by atoms with Crippen LogP contribution in [0, 0.1) is 0 Å². The van der Waals surface area contributed by atoms with Gasteiger partial charge in [0.15, 0.2) is 0 Å². The van der Waals surface area contributed by atoms with Crippen molar-refractivity contribution in [2.24, 2.45) is 0 Å². The van der Waals surface area contributed by atoms with Crippen molar-refractivity contribution in [3.63, 3.8) is 0 Å². The Morgan fingerprint density at radius 2 is 1.76 bits per heavy atom. The molecule has 1 aromatic carbocycles. The van der Waals surface area contributed by atoms with Gasteiger partial charge in [-0.2, -0.15) is 0 Å². The van der Waals surface area contributed by atoms with E-state index in [9.17, 15) is 4.79 Å². The van der Waals surface area contributed by atoms with E-state index in [4.69, 9.17) is 5.11 Å². The molecular formula is C18H25NO2. The SMILES string of the molecule is CC(C)(C)c1ccc(C(=CC(=O)O)CN2CCCC2)cc1. The van der Waals surface area contributed by atoms with E-state index in [0.717, 1.165) is 30.8 Å². The van der Waals surface area contributed by atoms with E-state index in [1.54, 1.807) is 0 Å². The van der Waals surface area contributed by atoms with Crippen molar-refractivity contribution in [1.82, 2.24) is 4.90 Å². The van der Waals surface area contributed by atoms with Crippen molar-refractivity contribution < 1.29 is 9.90 Å². The summed E-state index contributed by atoms with van der Waals surface area (Å²) >= 11 is 0. The number of carboxylic acids is 1. The summed E-state index contributed by atoms with van der Waals surface area (Å²) in [6.07, 6.45) is 3.77. The van der Waals surface area contributed by atoms with Crippen molar-refractivity contribution in [1.29, 1.82) is 0 Å². The molecule has 0 unspecified atom stereocenters. The molecule has 114 valence electrons. The first-order valence-corrected chi connectivity index (χ1v) is 7.63. The molecule has 21 heavy (non-hydrogen) atoms. The lowest BCUT2D eigenvalue weighted by atomic mass is 9.86. The van der Waals surface area contributed by atoms with E-state index < -0.39 is 5.97 Å². The molecule has 1 N–H and O–H groups in total. The van der Waals surface area contributed by atoms with Crippen LogP contribution in [0.2, 0.25) is 0 Å². The first kappa shape index (κ1) is 15.8. The minimum atomic E-state index is -0.871. The third-order valence-electron chi connectivity index (χ3n) is 4.01. The van der Waals surface area contributed by atoms with Crippen LogP contribution >= 0.6 is 0 Å². The molecule has 0 radical (unpaired) electrons. The molecule has 0 aromatic heterocycles. The minimum absolute atomic E-state index is 0.115. The summed E-state index contributed by atoms with van der Waals surface area (Å²) in [4.78, 5) is 13.4. The summed E-state index contributed by atoms with van der Waals surface area (Å²) in [6.45, 7) is 9.40. The van der Waals surface area contributed by atoms with Crippen LogP contribution in [-0.4, -0.2) is 35.6 Å². The first-order valence-electron chi connectivity index (χ1n) is 7.63. The molecule has 0 bridgehead atoms. The van der Waals surface area contributed by atoms with Crippen LogP contribution in [0.5, 0.6) is 0 Å². The van der Waals surface area contributed by atoms with E-state index in [0.29, 0.717) is 0 Å². The van der Waals surface area contributed by atoms with E-state index in [1.807, 2.05) is 12.1 Å². The zero-order valence-corrected chi connectivity index (χ0v) is 13.2. The number of carbonyl (C=O) groups is 1. The smallest absolute Gasteiger partial charge is 0.328 e. The Balaban J connectivity index is 2.22. The van der Waals surface area contributed by atoms with Crippen LogP contribution in [0.25, 0.3) is 5.57 Å². The fourth-order valence-corrected chi connectivity index (χ4v) is 2.74. The molecule has 1 fully saturated rings. The number of benzene rings is 1. The standard InChI is InChI=1S/C18H25NO2/c1-18(2,3)16-8-6-14(7-9-16)15(12-17(20)21)13-19-10-4-5-11-19/h6-9,12H,4-5,10-11,13H2,1-3H3,(H,20,21). The van der Waals surface area contributed by atoms with Gasteiger partial charge in [0.05, 0.1) is 0 Å². The molecule has 0 saturated carbocycles. The van der Waals surface area contributed by atoms with Crippen molar-refractivity contribution >= 4 is 11.5 Å². The van der Waals surface area contributed by atoms with Crippen LogP contribution in [0.15, 0.2) is 30.3 Å². The zero-order valence-electron chi connectivity index (χ0n) is 13.2. The van der Waals surface area contributed by atoms with Crippen molar-refractivity contribution in [3.05, 3.63) is 41.5 Å². The first-order chi connectivity index (χ1) is 9.86. The van der Waals surface area contributed by atoms with Gasteiger partial charge in [-0.15, -0.1) is 0 Å². The summed E-state index contributed by atoms with van der Waals surface area (Å²) in [6, 6.07) is 8.31. The van der Waals surface area contributed by atoms with Gasteiger partial charge < -0.3 is 5.11 Å². The van der Waals surface area contributed by atoms with E-state index in [1.165, 1.54) is 24.5 Å². The second kappa shape index (κ2) is 6.44. The fraction of sp³-hybridized carbons (Fsp3) is 0.500. The van der Waals surface area contributed by atoms with Crippen LogP contribution in [-0.2, 0) is 10.2 Å². The third-order valence-corrected chi connectivity index (χ3v) is 4.01. The molecular weight excluding hydrogens is 262 g/mol. The Kier molecular flexibility index (Phi) is 4.84. The summed E-state index contributed by atoms with van der Waals surface area (Å²) in [5, 5.41) is 9.11. The number of carboxylic acid groups (broad SMARTS) is 1. The number of likely N-dealkylation sites (tertiary alicyclic amines) is 1. The predicted molar refractivity (Wildman–Crippen MR) is 86.4 cm³/mol. The molecule has 3 nitrogen and oxygen atoms in total. The van der Waals surface area contributed by atoms with E-state index in [-0.39, 0.29) is 5.41 Å². The van der Waals surface area contributed by atoms with E-state index >= 15 is 0 Å². The summed E-state index contributed by atoms with van der Waals surface area (Å²) in [7, 11) is 0. The number of aliphatic carboxylic acids is 1. The quantitative estimate of drug-likeness (QED) is 0.861. The van der Waals surface area contributed by atoms with Crippen LogP contribution in [0.3, 0.4) is 0 Å². The molecule has 1 heterocycles. The third kappa shape index (κ3) is 4.43. The van der Waals surface area contributed by atoms with Crippen molar-refractivity contribution in [3.8, 4) is 0 Å².